The Morgan fingerprint density at radius 3 is 2.63 bits per heavy atom. The van der Waals surface area contributed by atoms with E-state index in [1.165, 1.54) is 11.8 Å². The monoisotopic (exact) mass is 421 g/mol. The van der Waals surface area contributed by atoms with Crippen LogP contribution < -0.4 is 15.5 Å². The van der Waals surface area contributed by atoms with Gasteiger partial charge in [-0.2, -0.15) is 0 Å². The number of benzene rings is 2. The van der Waals surface area contributed by atoms with Crippen molar-refractivity contribution in [1.29, 1.82) is 0 Å². The maximum absolute atomic E-state index is 13.4. The second-order valence-corrected chi connectivity index (χ2v) is 8.74. The lowest BCUT2D eigenvalue weighted by atomic mass is 9.92. The van der Waals surface area contributed by atoms with Gasteiger partial charge in [-0.3, -0.25) is 4.79 Å². The molecule has 1 aliphatic carbocycles. The van der Waals surface area contributed by atoms with Gasteiger partial charge in [0.2, 0.25) is 11.1 Å². The number of ether oxygens (including phenoxy) is 1. The van der Waals surface area contributed by atoms with Crippen LogP contribution in [0.2, 0.25) is 0 Å². The highest BCUT2D eigenvalue weighted by Gasteiger charge is 2.50. The fraction of sp³-hybridized carbons (Fsp3) is 0.318. The number of carbonyl (C=O) groups is 1. The van der Waals surface area contributed by atoms with Gasteiger partial charge >= 0.3 is 0 Å². The van der Waals surface area contributed by atoms with Crippen LogP contribution in [0.15, 0.2) is 59.8 Å². The Labute approximate surface area is 179 Å². The predicted molar refractivity (Wildman–Crippen MR) is 117 cm³/mol. The molecule has 1 saturated carbocycles. The normalized spacial score (nSPS) is 19.2. The van der Waals surface area contributed by atoms with Gasteiger partial charge in [0, 0.05) is 5.56 Å². The Hall–Kier alpha value is -3.00. The van der Waals surface area contributed by atoms with Gasteiger partial charge in [-0.15, -0.1) is 10.2 Å². The van der Waals surface area contributed by atoms with E-state index in [4.69, 9.17) is 4.74 Å². The van der Waals surface area contributed by atoms with Crippen LogP contribution in [0, 0.1) is 0 Å². The van der Waals surface area contributed by atoms with Crippen LogP contribution in [-0.2, 0) is 4.79 Å². The lowest BCUT2D eigenvalue weighted by Gasteiger charge is -2.41. The highest BCUT2D eigenvalue weighted by atomic mass is 32.2. The van der Waals surface area contributed by atoms with Gasteiger partial charge in [0.05, 0.1) is 18.3 Å². The van der Waals surface area contributed by atoms with Crippen molar-refractivity contribution in [2.45, 2.75) is 41.6 Å². The van der Waals surface area contributed by atoms with Gasteiger partial charge in [-0.25, -0.2) is 4.68 Å². The van der Waals surface area contributed by atoms with Crippen LogP contribution in [0.25, 0.3) is 11.4 Å². The van der Waals surface area contributed by atoms with Crippen molar-refractivity contribution in [2.75, 3.05) is 17.9 Å². The molecule has 3 aromatic rings. The Balaban J connectivity index is 1.48. The molecule has 0 bridgehead atoms. The Kier molecular flexibility index (Phi) is 4.86. The smallest absolute Gasteiger partial charge is 0.240 e. The summed E-state index contributed by atoms with van der Waals surface area (Å²) in [4.78, 5) is 13.4. The van der Waals surface area contributed by atoms with E-state index in [0.29, 0.717) is 16.6 Å². The topological polar surface area (TPSA) is 81.1 Å². The molecule has 7 nitrogen and oxygen atoms in total. The van der Waals surface area contributed by atoms with Crippen molar-refractivity contribution in [3.8, 4) is 17.1 Å². The van der Waals surface area contributed by atoms with Crippen LogP contribution in [-0.4, -0.2) is 38.7 Å². The molecule has 1 aromatic heterocycles. The number of fused-ring (bicyclic) bond motifs is 1. The molecule has 2 heterocycles. The second kappa shape index (κ2) is 7.68. The molecule has 2 aromatic carbocycles. The molecule has 0 radical (unpaired) electrons. The van der Waals surface area contributed by atoms with E-state index in [9.17, 15) is 4.79 Å². The lowest BCUT2D eigenvalue weighted by molar-refractivity contribution is -0.116. The van der Waals surface area contributed by atoms with Crippen LogP contribution in [0.4, 0.5) is 5.69 Å². The third-order valence-corrected chi connectivity index (χ3v) is 7.20. The van der Waals surface area contributed by atoms with E-state index >= 15 is 0 Å². The van der Waals surface area contributed by atoms with Gasteiger partial charge in [0.25, 0.3) is 0 Å². The van der Waals surface area contributed by atoms with Crippen molar-refractivity contribution < 1.29 is 9.53 Å². The third kappa shape index (κ3) is 3.21. The van der Waals surface area contributed by atoms with Crippen molar-refractivity contribution in [1.82, 2.24) is 14.9 Å². The maximum Gasteiger partial charge on any atom is 0.240 e. The standard InChI is InChI=1S/C22H23N5O2S/c1-29-17-12-6-5-11-16(17)23-20(28)18-22(13-7-8-14-22)26-27-19(24-25-21(27)30-18)15-9-3-2-4-10-15/h2-6,9-12,18,26H,7-8,13-14H2,1H3,(H,23,28). The molecule has 8 heteroatoms. The molecule has 1 amide bonds. The van der Waals surface area contributed by atoms with Crippen LogP contribution >= 0.6 is 11.8 Å². The molecule has 1 atom stereocenters. The highest BCUT2D eigenvalue weighted by molar-refractivity contribution is 8.00. The van der Waals surface area contributed by atoms with E-state index in [0.717, 1.165) is 37.1 Å². The number of para-hydroxylation sites is 2. The molecule has 154 valence electrons. The van der Waals surface area contributed by atoms with E-state index in [-0.39, 0.29) is 16.7 Å². The van der Waals surface area contributed by atoms with E-state index < -0.39 is 0 Å². The zero-order chi connectivity index (χ0) is 20.6. The minimum Gasteiger partial charge on any atom is -0.495 e. The number of amides is 1. The number of hydrogen-bond donors (Lipinski definition) is 2. The number of carbonyl (C=O) groups excluding carboxylic acids is 1. The van der Waals surface area contributed by atoms with E-state index in [1.807, 2.05) is 59.3 Å². The molecule has 2 aliphatic rings. The van der Waals surface area contributed by atoms with E-state index in [2.05, 4.69) is 20.9 Å². The number of aromatic nitrogens is 3. The van der Waals surface area contributed by atoms with Crippen molar-refractivity contribution in [3.05, 3.63) is 54.6 Å². The summed E-state index contributed by atoms with van der Waals surface area (Å²) in [5, 5.41) is 12.2. The first-order valence-electron chi connectivity index (χ1n) is 10.1. The number of rotatable bonds is 4. The van der Waals surface area contributed by atoms with Crippen molar-refractivity contribution in [2.24, 2.45) is 0 Å². The minimum atomic E-state index is -0.338. The number of thioether (sulfide) groups is 1. The average Bonchev–Trinajstić information content (AvgIpc) is 3.41. The quantitative estimate of drug-likeness (QED) is 0.665. The summed E-state index contributed by atoms with van der Waals surface area (Å²) in [6, 6.07) is 17.5. The van der Waals surface area contributed by atoms with Crippen LogP contribution in [0.1, 0.15) is 25.7 Å². The first-order chi connectivity index (χ1) is 14.7. The van der Waals surface area contributed by atoms with Crippen LogP contribution in [0.3, 0.4) is 0 Å². The number of methoxy groups -OCH3 is 1. The van der Waals surface area contributed by atoms with Gasteiger partial charge in [-0.05, 0) is 25.0 Å². The number of hydrogen-bond acceptors (Lipinski definition) is 6. The Morgan fingerprint density at radius 1 is 1.13 bits per heavy atom. The van der Waals surface area contributed by atoms with Gasteiger partial charge in [0.15, 0.2) is 5.82 Å². The molecule has 5 rings (SSSR count). The molecular formula is C22H23N5O2S. The summed E-state index contributed by atoms with van der Waals surface area (Å²) in [5.74, 6) is 1.37. The number of anilines is 1. The predicted octanol–water partition coefficient (Wildman–Crippen LogP) is 3.92. The molecule has 1 aliphatic heterocycles. The highest BCUT2D eigenvalue weighted by Crippen LogP contribution is 2.45. The zero-order valence-corrected chi connectivity index (χ0v) is 17.5. The Bertz CT molecular complexity index is 1060. The molecule has 1 unspecified atom stereocenters. The maximum atomic E-state index is 13.4. The van der Waals surface area contributed by atoms with Crippen molar-refractivity contribution in [3.63, 3.8) is 0 Å². The summed E-state index contributed by atoms with van der Waals surface area (Å²) in [5.41, 5.74) is 4.98. The SMILES string of the molecule is COc1ccccc1NC(=O)C1Sc2nnc(-c3ccccc3)n2NC12CCCC2. The summed E-state index contributed by atoms with van der Waals surface area (Å²) in [7, 11) is 1.61. The molecule has 2 N–H and O–H groups in total. The van der Waals surface area contributed by atoms with Gasteiger partial charge in [0.1, 0.15) is 11.0 Å². The lowest BCUT2D eigenvalue weighted by Crippen LogP contribution is -2.56. The minimum absolute atomic E-state index is 0.0468. The Morgan fingerprint density at radius 2 is 1.87 bits per heavy atom. The second-order valence-electron chi connectivity index (χ2n) is 7.67. The summed E-state index contributed by atoms with van der Waals surface area (Å²) in [6.07, 6.45) is 4.03. The molecular weight excluding hydrogens is 398 g/mol. The third-order valence-electron chi connectivity index (χ3n) is 5.82. The molecule has 1 fully saturated rings. The first kappa shape index (κ1) is 19.0. The zero-order valence-electron chi connectivity index (χ0n) is 16.7. The van der Waals surface area contributed by atoms with Gasteiger partial charge in [-0.1, -0.05) is 67.1 Å². The number of nitrogens with zero attached hydrogens (tertiary/aromatic N) is 3. The van der Waals surface area contributed by atoms with Crippen LogP contribution in [0.5, 0.6) is 5.75 Å². The fourth-order valence-corrected chi connectivity index (χ4v) is 5.57. The summed E-state index contributed by atoms with van der Waals surface area (Å²) < 4.78 is 7.35. The first-order valence-corrected chi connectivity index (χ1v) is 11.0. The van der Waals surface area contributed by atoms with Crippen molar-refractivity contribution >= 4 is 23.4 Å². The largest absolute Gasteiger partial charge is 0.495 e. The molecule has 1 spiro atoms. The number of nitrogens with one attached hydrogen (secondary N) is 2. The summed E-state index contributed by atoms with van der Waals surface area (Å²) >= 11 is 1.48. The average molecular weight is 422 g/mol. The summed E-state index contributed by atoms with van der Waals surface area (Å²) in [6.45, 7) is 0. The molecule has 30 heavy (non-hydrogen) atoms. The fourth-order valence-electron chi connectivity index (χ4n) is 4.35. The van der Waals surface area contributed by atoms with E-state index in [1.54, 1.807) is 7.11 Å². The molecule has 0 saturated heterocycles. The van der Waals surface area contributed by atoms with Gasteiger partial charge < -0.3 is 15.5 Å².